The van der Waals surface area contributed by atoms with Crippen molar-refractivity contribution < 1.29 is 0 Å². The quantitative estimate of drug-likeness (QED) is 0.670. The maximum absolute atomic E-state index is 11.4. The van der Waals surface area contributed by atoms with Gasteiger partial charge in [0.2, 0.25) is 0 Å². The molecule has 0 radical (unpaired) electrons. The zero-order valence-corrected chi connectivity index (χ0v) is 7.77. The summed E-state index contributed by atoms with van der Waals surface area (Å²) in [4.78, 5) is 24.5. The first-order valence-electron chi connectivity index (χ1n) is 4.75. The number of nitrogens with one attached hydrogen (secondary N) is 1. The number of allylic oxidation sites excluding steroid dienone is 2. The predicted molar refractivity (Wildman–Crippen MR) is 53.4 cm³/mol. The standard InChI is InChI=1S/C10H12N2O2/c13-9-6-7-12(10(14)11-9)8-4-2-1-3-5-8/h2,4,6-8H,1,3,5H2,(H,11,13,14). The number of nitrogens with zero attached hydrogens (tertiary/aromatic N) is 1. The SMILES string of the molecule is O=c1ccn(C2C=CCCC2)c(=O)[nH]1. The lowest BCUT2D eigenvalue weighted by molar-refractivity contribution is 0.494. The Morgan fingerprint density at radius 1 is 1.43 bits per heavy atom. The maximum Gasteiger partial charge on any atom is 0.328 e. The average molecular weight is 192 g/mol. The normalized spacial score (nSPS) is 21.0. The van der Waals surface area contributed by atoms with E-state index in [1.54, 1.807) is 10.8 Å². The van der Waals surface area contributed by atoms with Gasteiger partial charge in [0.25, 0.3) is 5.56 Å². The molecule has 1 aliphatic rings. The summed E-state index contributed by atoms with van der Waals surface area (Å²) in [6.45, 7) is 0. The minimum absolute atomic E-state index is 0.105. The van der Waals surface area contributed by atoms with Gasteiger partial charge in [0, 0.05) is 12.3 Å². The van der Waals surface area contributed by atoms with Crippen LogP contribution in [0.2, 0.25) is 0 Å². The number of hydrogen-bond donors (Lipinski definition) is 1. The van der Waals surface area contributed by atoms with E-state index in [2.05, 4.69) is 11.1 Å². The lowest BCUT2D eigenvalue weighted by atomic mass is 10.0. The van der Waals surface area contributed by atoms with Crippen LogP contribution < -0.4 is 11.2 Å². The molecule has 0 aliphatic heterocycles. The molecule has 4 nitrogen and oxygen atoms in total. The molecule has 0 saturated carbocycles. The van der Waals surface area contributed by atoms with Crippen molar-refractivity contribution in [1.29, 1.82) is 0 Å². The number of rotatable bonds is 1. The van der Waals surface area contributed by atoms with Crippen LogP contribution in [0.1, 0.15) is 25.3 Å². The topological polar surface area (TPSA) is 54.9 Å². The van der Waals surface area contributed by atoms with E-state index in [9.17, 15) is 9.59 Å². The second-order valence-corrected chi connectivity index (χ2v) is 3.44. The molecule has 1 atom stereocenters. The molecular formula is C10H12N2O2. The highest BCUT2D eigenvalue weighted by atomic mass is 16.2. The van der Waals surface area contributed by atoms with Crippen LogP contribution in [0, 0.1) is 0 Å². The Morgan fingerprint density at radius 3 is 2.93 bits per heavy atom. The molecule has 74 valence electrons. The highest BCUT2D eigenvalue weighted by Crippen LogP contribution is 2.19. The molecule has 4 heteroatoms. The van der Waals surface area contributed by atoms with Crippen molar-refractivity contribution in [2.75, 3.05) is 0 Å². The van der Waals surface area contributed by atoms with E-state index in [1.165, 1.54) is 6.07 Å². The summed E-state index contributed by atoms with van der Waals surface area (Å²) in [5.74, 6) is 0. The lowest BCUT2D eigenvalue weighted by Crippen LogP contribution is -2.31. The zero-order chi connectivity index (χ0) is 9.97. The van der Waals surface area contributed by atoms with E-state index in [0.29, 0.717) is 0 Å². The maximum atomic E-state index is 11.4. The first-order chi connectivity index (χ1) is 6.77. The van der Waals surface area contributed by atoms with Crippen molar-refractivity contribution in [3.63, 3.8) is 0 Å². The summed E-state index contributed by atoms with van der Waals surface area (Å²) < 4.78 is 1.57. The smallest absolute Gasteiger partial charge is 0.294 e. The van der Waals surface area contributed by atoms with Gasteiger partial charge < -0.3 is 0 Å². The van der Waals surface area contributed by atoms with E-state index >= 15 is 0 Å². The summed E-state index contributed by atoms with van der Waals surface area (Å²) in [5.41, 5.74) is -0.667. The van der Waals surface area contributed by atoms with Gasteiger partial charge in [-0.05, 0) is 19.3 Å². The number of hydrogen-bond acceptors (Lipinski definition) is 2. The van der Waals surface area contributed by atoms with Gasteiger partial charge in [-0.1, -0.05) is 12.2 Å². The van der Waals surface area contributed by atoms with Gasteiger partial charge in [-0.3, -0.25) is 14.3 Å². The Morgan fingerprint density at radius 2 is 2.29 bits per heavy atom. The van der Waals surface area contributed by atoms with E-state index in [4.69, 9.17) is 0 Å². The van der Waals surface area contributed by atoms with E-state index < -0.39 is 0 Å². The van der Waals surface area contributed by atoms with E-state index in [-0.39, 0.29) is 17.3 Å². The summed E-state index contributed by atoms with van der Waals surface area (Å²) in [5, 5.41) is 0. The van der Waals surface area contributed by atoms with Crippen LogP contribution in [0.25, 0.3) is 0 Å². The molecule has 1 unspecified atom stereocenters. The van der Waals surface area contributed by atoms with Crippen LogP contribution in [0.15, 0.2) is 34.0 Å². The molecule has 1 aromatic rings. The lowest BCUT2D eigenvalue weighted by Gasteiger charge is -2.18. The first-order valence-corrected chi connectivity index (χ1v) is 4.75. The van der Waals surface area contributed by atoms with Gasteiger partial charge in [0.05, 0.1) is 6.04 Å². The molecule has 1 N–H and O–H groups in total. The monoisotopic (exact) mass is 192 g/mol. The van der Waals surface area contributed by atoms with E-state index in [1.807, 2.05) is 6.08 Å². The average Bonchev–Trinajstić information content (AvgIpc) is 2.19. The minimum Gasteiger partial charge on any atom is -0.294 e. The molecule has 14 heavy (non-hydrogen) atoms. The molecule has 0 fully saturated rings. The second kappa shape index (κ2) is 3.65. The van der Waals surface area contributed by atoms with Crippen molar-refractivity contribution in [3.8, 4) is 0 Å². The Kier molecular flexibility index (Phi) is 2.35. The van der Waals surface area contributed by atoms with Gasteiger partial charge in [-0.2, -0.15) is 0 Å². The minimum atomic E-state index is -0.342. The third kappa shape index (κ3) is 1.69. The molecule has 2 rings (SSSR count). The summed E-state index contributed by atoms with van der Waals surface area (Å²) in [7, 11) is 0. The van der Waals surface area contributed by atoms with E-state index in [0.717, 1.165) is 19.3 Å². The summed E-state index contributed by atoms with van der Waals surface area (Å²) in [6.07, 6.45) is 8.78. The zero-order valence-electron chi connectivity index (χ0n) is 7.77. The third-order valence-electron chi connectivity index (χ3n) is 2.44. The molecule has 0 spiro atoms. The summed E-state index contributed by atoms with van der Waals surface area (Å²) in [6, 6.07) is 1.48. The molecule has 0 aromatic carbocycles. The second-order valence-electron chi connectivity index (χ2n) is 3.44. The molecule has 1 heterocycles. The fourth-order valence-corrected chi connectivity index (χ4v) is 1.71. The number of H-pyrrole nitrogens is 1. The van der Waals surface area contributed by atoms with Gasteiger partial charge in [-0.15, -0.1) is 0 Å². The summed E-state index contributed by atoms with van der Waals surface area (Å²) >= 11 is 0. The Bertz CT molecular complexity index is 456. The molecule has 0 amide bonds. The first kappa shape index (κ1) is 8.99. The highest BCUT2D eigenvalue weighted by Gasteiger charge is 2.11. The molecular weight excluding hydrogens is 180 g/mol. The Balaban J connectivity index is 2.41. The predicted octanol–water partition coefficient (Wildman–Crippen LogP) is 0.818. The fraction of sp³-hybridized carbons (Fsp3) is 0.400. The molecule has 0 bridgehead atoms. The molecule has 1 aromatic heterocycles. The highest BCUT2D eigenvalue weighted by molar-refractivity contribution is 4.99. The van der Waals surface area contributed by atoms with Crippen LogP contribution >= 0.6 is 0 Å². The van der Waals surface area contributed by atoms with Gasteiger partial charge >= 0.3 is 5.69 Å². The largest absolute Gasteiger partial charge is 0.328 e. The third-order valence-corrected chi connectivity index (χ3v) is 2.44. The fourth-order valence-electron chi connectivity index (χ4n) is 1.71. The van der Waals surface area contributed by atoms with Crippen molar-refractivity contribution in [3.05, 3.63) is 45.3 Å². The van der Waals surface area contributed by atoms with Crippen molar-refractivity contribution >= 4 is 0 Å². The van der Waals surface area contributed by atoms with Crippen molar-refractivity contribution in [1.82, 2.24) is 9.55 Å². The Labute approximate surface area is 80.9 Å². The van der Waals surface area contributed by atoms with Crippen LogP contribution in [0.3, 0.4) is 0 Å². The van der Waals surface area contributed by atoms with Gasteiger partial charge in [0.15, 0.2) is 0 Å². The van der Waals surface area contributed by atoms with Gasteiger partial charge in [-0.25, -0.2) is 4.79 Å². The van der Waals surface area contributed by atoms with Crippen LogP contribution in [-0.2, 0) is 0 Å². The van der Waals surface area contributed by atoms with Crippen LogP contribution in [0.5, 0.6) is 0 Å². The van der Waals surface area contributed by atoms with Crippen LogP contribution in [0.4, 0.5) is 0 Å². The van der Waals surface area contributed by atoms with Crippen molar-refractivity contribution in [2.45, 2.75) is 25.3 Å². The van der Waals surface area contributed by atoms with Crippen molar-refractivity contribution in [2.24, 2.45) is 0 Å². The molecule has 1 aliphatic carbocycles. The number of aromatic amines is 1. The van der Waals surface area contributed by atoms with Gasteiger partial charge in [0.1, 0.15) is 0 Å². The number of aromatic nitrogens is 2. The Hall–Kier alpha value is -1.58. The molecule has 0 saturated heterocycles. The van der Waals surface area contributed by atoms with Crippen LogP contribution in [-0.4, -0.2) is 9.55 Å².